The molecule has 0 radical (unpaired) electrons. The number of pyridine rings is 1. The highest BCUT2D eigenvalue weighted by molar-refractivity contribution is 6.33. The number of nitro benzene ring substituents is 1. The molecule has 0 unspecified atom stereocenters. The van der Waals surface area contributed by atoms with E-state index >= 15 is 0 Å². The number of aromatic nitrogens is 1. The van der Waals surface area contributed by atoms with Crippen molar-refractivity contribution in [3.63, 3.8) is 0 Å². The minimum absolute atomic E-state index is 0.0210. The van der Waals surface area contributed by atoms with Crippen molar-refractivity contribution in [1.29, 1.82) is 0 Å². The fraction of sp³-hybridized carbons (Fsp3) is 0.0769. The number of rotatable bonds is 4. The van der Waals surface area contributed by atoms with Gasteiger partial charge in [0.05, 0.1) is 28.9 Å². The second-order valence-electron chi connectivity index (χ2n) is 3.95. The molecule has 0 atom stereocenters. The largest absolute Gasteiger partial charge is 0.464 e. The number of ether oxygens (including phenoxy) is 1. The van der Waals surface area contributed by atoms with Crippen LogP contribution in [0.1, 0.15) is 10.5 Å². The molecule has 0 aliphatic heterocycles. The van der Waals surface area contributed by atoms with Crippen LogP contribution >= 0.6 is 11.6 Å². The molecular formula is C13H10ClN3O4. The summed E-state index contributed by atoms with van der Waals surface area (Å²) in [7, 11) is 1.22. The van der Waals surface area contributed by atoms with Gasteiger partial charge < -0.3 is 10.1 Å². The normalized spacial score (nSPS) is 10.0. The number of benzene rings is 1. The van der Waals surface area contributed by atoms with Gasteiger partial charge >= 0.3 is 5.97 Å². The Hall–Kier alpha value is -2.67. The van der Waals surface area contributed by atoms with Crippen molar-refractivity contribution in [2.45, 2.75) is 0 Å². The van der Waals surface area contributed by atoms with Gasteiger partial charge in [-0.2, -0.15) is 0 Å². The Morgan fingerprint density at radius 2 is 2.14 bits per heavy atom. The third-order valence-corrected chi connectivity index (χ3v) is 2.89. The number of halogens is 1. The predicted molar refractivity (Wildman–Crippen MR) is 77.0 cm³/mol. The van der Waals surface area contributed by atoms with Crippen molar-refractivity contribution < 1.29 is 14.5 Å². The molecule has 0 aliphatic rings. The van der Waals surface area contributed by atoms with Crippen LogP contribution < -0.4 is 5.32 Å². The molecule has 1 heterocycles. The molecule has 1 aromatic carbocycles. The van der Waals surface area contributed by atoms with E-state index in [1.165, 1.54) is 25.4 Å². The number of carbonyl (C=O) groups is 1. The molecule has 2 rings (SSSR count). The zero-order chi connectivity index (χ0) is 15.4. The first kappa shape index (κ1) is 14.7. The molecule has 1 N–H and O–H groups in total. The lowest BCUT2D eigenvalue weighted by Crippen LogP contribution is -2.06. The highest BCUT2D eigenvalue weighted by atomic mass is 35.5. The molecule has 1 aromatic heterocycles. The van der Waals surface area contributed by atoms with Crippen LogP contribution in [-0.2, 0) is 4.74 Å². The average Bonchev–Trinajstić information content (AvgIpc) is 2.47. The molecular weight excluding hydrogens is 298 g/mol. The van der Waals surface area contributed by atoms with E-state index in [1.54, 1.807) is 18.2 Å². The molecule has 0 amide bonds. The van der Waals surface area contributed by atoms with Crippen LogP contribution in [0.5, 0.6) is 0 Å². The molecule has 0 saturated heterocycles. The third-order valence-electron chi connectivity index (χ3n) is 2.60. The van der Waals surface area contributed by atoms with E-state index in [9.17, 15) is 14.9 Å². The Labute approximate surface area is 124 Å². The highest BCUT2D eigenvalue weighted by Crippen LogP contribution is 2.28. The summed E-state index contributed by atoms with van der Waals surface area (Å²) in [5, 5.41) is 13.9. The smallest absolute Gasteiger partial charge is 0.358 e. The Morgan fingerprint density at radius 1 is 1.43 bits per heavy atom. The Morgan fingerprint density at radius 3 is 2.76 bits per heavy atom. The fourth-order valence-electron chi connectivity index (χ4n) is 1.65. The van der Waals surface area contributed by atoms with E-state index in [1.807, 2.05) is 0 Å². The first-order valence-corrected chi connectivity index (χ1v) is 6.15. The van der Waals surface area contributed by atoms with E-state index in [2.05, 4.69) is 15.0 Å². The van der Waals surface area contributed by atoms with E-state index in [-0.39, 0.29) is 16.4 Å². The number of esters is 1. The highest BCUT2D eigenvalue weighted by Gasteiger charge is 2.15. The number of anilines is 2. The maximum Gasteiger partial charge on any atom is 0.358 e. The lowest BCUT2D eigenvalue weighted by molar-refractivity contribution is -0.383. The number of nitro groups is 1. The van der Waals surface area contributed by atoms with Crippen LogP contribution in [0.2, 0.25) is 5.02 Å². The van der Waals surface area contributed by atoms with Gasteiger partial charge in [-0.3, -0.25) is 10.1 Å². The predicted octanol–water partition coefficient (Wildman–Crippen LogP) is 3.17. The van der Waals surface area contributed by atoms with Crippen molar-refractivity contribution in [3.8, 4) is 0 Å². The second kappa shape index (κ2) is 6.19. The summed E-state index contributed by atoms with van der Waals surface area (Å²) in [6.45, 7) is 0. The van der Waals surface area contributed by atoms with Crippen LogP contribution in [0, 0.1) is 10.1 Å². The van der Waals surface area contributed by atoms with Crippen LogP contribution in [0.25, 0.3) is 0 Å². The van der Waals surface area contributed by atoms with Gasteiger partial charge in [0, 0.05) is 6.07 Å². The number of nitrogens with zero attached hydrogens (tertiary/aromatic N) is 2. The van der Waals surface area contributed by atoms with Crippen molar-refractivity contribution in [1.82, 2.24) is 4.98 Å². The van der Waals surface area contributed by atoms with Crippen LogP contribution in [0.15, 0.2) is 36.5 Å². The summed E-state index contributed by atoms with van der Waals surface area (Å²) < 4.78 is 4.53. The molecule has 108 valence electrons. The van der Waals surface area contributed by atoms with E-state index in [0.717, 1.165) is 0 Å². The topological polar surface area (TPSA) is 94.4 Å². The zero-order valence-corrected chi connectivity index (χ0v) is 11.6. The fourth-order valence-corrected chi connectivity index (χ4v) is 1.89. The second-order valence-corrected chi connectivity index (χ2v) is 4.35. The molecule has 2 aromatic rings. The molecule has 0 bridgehead atoms. The number of nitrogens with one attached hydrogen (secondary N) is 1. The minimum Gasteiger partial charge on any atom is -0.464 e. The maximum absolute atomic E-state index is 11.4. The Kier molecular flexibility index (Phi) is 4.34. The summed E-state index contributed by atoms with van der Waals surface area (Å²) in [5.41, 5.74) is 0.617. The van der Waals surface area contributed by atoms with Gasteiger partial charge in [0.25, 0.3) is 5.69 Å². The summed E-state index contributed by atoms with van der Waals surface area (Å²) in [4.78, 5) is 25.7. The first-order valence-electron chi connectivity index (χ1n) is 5.77. The van der Waals surface area contributed by atoms with Crippen molar-refractivity contribution in [2.75, 3.05) is 12.4 Å². The lowest BCUT2D eigenvalue weighted by atomic mass is 10.2. The van der Waals surface area contributed by atoms with Gasteiger partial charge in [-0.05, 0) is 12.1 Å². The number of carbonyl (C=O) groups excluding carboxylic acids is 1. The quantitative estimate of drug-likeness (QED) is 0.529. The number of hydrogen-bond acceptors (Lipinski definition) is 6. The van der Waals surface area contributed by atoms with E-state index in [4.69, 9.17) is 11.6 Å². The van der Waals surface area contributed by atoms with Crippen LogP contribution in [-0.4, -0.2) is 23.0 Å². The Bertz CT molecular complexity index is 706. The Balaban J connectivity index is 2.31. The summed E-state index contributed by atoms with van der Waals surface area (Å²) in [6, 6.07) is 7.60. The number of methoxy groups -OCH3 is 1. The maximum atomic E-state index is 11.4. The summed E-state index contributed by atoms with van der Waals surface area (Å²) >= 11 is 5.93. The third kappa shape index (κ3) is 3.26. The molecule has 0 aliphatic carbocycles. The molecule has 8 heteroatoms. The monoisotopic (exact) mass is 307 g/mol. The van der Waals surface area contributed by atoms with Crippen molar-refractivity contribution in [3.05, 3.63) is 57.4 Å². The van der Waals surface area contributed by atoms with E-state index in [0.29, 0.717) is 11.4 Å². The molecule has 21 heavy (non-hydrogen) atoms. The SMILES string of the molecule is COC(=O)c1ncc(Nc2ccccc2[N+](=O)[O-])cc1Cl. The van der Waals surface area contributed by atoms with E-state index < -0.39 is 10.9 Å². The molecule has 0 spiro atoms. The number of hydrogen-bond donors (Lipinski definition) is 1. The van der Waals surface area contributed by atoms with Crippen molar-refractivity contribution in [2.24, 2.45) is 0 Å². The van der Waals surface area contributed by atoms with Gasteiger partial charge in [0.2, 0.25) is 0 Å². The lowest BCUT2D eigenvalue weighted by Gasteiger charge is -2.08. The zero-order valence-electron chi connectivity index (χ0n) is 10.9. The van der Waals surface area contributed by atoms with Crippen molar-refractivity contribution >= 4 is 34.6 Å². The van der Waals surface area contributed by atoms with Crippen LogP contribution in [0.3, 0.4) is 0 Å². The average molecular weight is 308 g/mol. The molecule has 0 saturated carbocycles. The van der Waals surface area contributed by atoms with Gasteiger partial charge in [-0.15, -0.1) is 0 Å². The first-order chi connectivity index (χ1) is 10.0. The van der Waals surface area contributed by atoms with Gasteiger partial charge in [0.15, 0.2) is 5.69 Å². The minimum atomic E-state index is -0.655. The standard InChI is InChI=1S/C13H10ClN3O4/c1-21-13(18)12-9(14)6-8(7-15-12)16-10-4-2-3-5-11(10)17(19)20/h2-7,16H,1H3. The molecule has 0 fully saturated rings. The number of para-hydroxylation sites is 2. The molecule has 7 nitrogen and oxygen atoms in total. The van der Waals surface area contributed by atoms with Gasteiger partial charge in [-0.25, -0.2) is 9.78 Å². The van der Waals surface area contributed by atoms with Gasteiger partial charge in [0.1, 0.15) is 5.69 Å². The van der Waals surface area contributed by atoms with Gasteiger partial charge in [-0.1, -0.05) is 23.7 Å². The van der Waals surface area contributed by atoms with Crippen LogP contribution in [0.4, 0.5) is 17.1 Å². The summed E-state index contributed by atoms with van der Waals surface area (Å²) in [5.74, 6) is -0.655. The summed E-state index contributed by atoms with van der Waals surface area (Å²) in [6.07, 6.45) is 1.34.